The Hall–Kier alpha value is -2.01. The highest BCUT2D eigenvalue weighted by atomic mass is 16.5. The minimum atomic E-state index is 0.338. The van der Waals surface area contributed by atoms with E-state index in [1.165, 1.54) is 0 Å². The van der Waals surface area contributed by atoms with Crippen molar-refractivity contribution in [3.63, 3.8) is 0 Å². The quantitative estimate of drug-likeness (QED) is 0.881. The second-order valence-electron chi connectivity index (χ2n) is 4.36. The van der Waals surface area contributed by atoms with Gasteiger partial charge in [-0.15, -0.1) is 0 Å². The van der Waals surface area contributed by atoms with E-state index in [0.717, 1.165) is 17.1 Å². The van der Waals surface area contributed by atoms with Gasteiger partial charge >= 0.3 is 0 Å². The Morgan fingerprint density at radius 3 is 2.63 bits per heavy atom. The molecule has 1 aromatic heterocycles. The van der Waals surface area contributed by atoms with Crippen LogP contribution < -0.4 is 10.5 Å². The summed E-state index contributed by atoms with van der Waals surface area (Å²) in [7, 11) is 0. The van der Waals surface area contributed by atoms with Gasteiger partial charge in [-0.2, -0.15) is 0 Å². The summed E-state index contributed by atoms with van der Waals surface area (Å²) < 4.78 is 5.68. The standard InChI is InChI=1S/C14H18N4O/c1-10-4-3-5-12(8-10)19-9-14-17-11(2)16-13(18-14)6-7-15/h3-5,8H,6-7,9,15H2,1-2H3. The molecule has 0 bridgehead atoms. The normalized spacial score (nSPS) is 10.5. The first-order valence-electron chi connectivity index (χ1n) is 6.27. The number of nitrogens with two attached hydrogens (primary N) is 1. The molecule has 0 spiro atoms. The first-order valence-corrected chi connectivity index (χ1v) is 6.27. The third-order valence-corrected chi connectivity index (χ3v) is 2.57. The Morgan fingerprint density at radius 2 is 1.89 bits per heavy atom. The summed E-state index contributed by atoms with van der Waals surface area (Å²) in [5.41, 5.74) is 6.67. The number of benzene rings is 1. The van der Waals surface area contributed by atoms with Gasteiger partial charge in [0.05, 0.1) is 0 Å². The van der Waals surface area contributed by atoms with Crippen LogP contribution in [0.3, 0.4) is 0 Å². The van der Waals surface area contributed by atoms with Crippen molar-refractivity contribution in [3.8, 4) is 5.75 Å². The van der Waals surface area contributed by atoms with Gasteiger partial charge in [-0.05, 0) is 38.1 Å². The first-order chi connectivity index (χ1) is 9.17. The predicted octanol–water partition coefficient (Wildman–Crippen LogP) is 1.57. The largest absolute Gasteiger partial charge is 0.486 e. The van der Waals surface area contributed by atoms with Crippen molar-refractivity contribution in [3.05, 3.63) is 47.3 Å². The molecule has 0 aliphatic rings. The first kappa shape index (κ1) is 13.4. The van der Waals surface area contributed by atoms with E-state index in [0.29, 0.717) is 31.2 Å². The molecule has 0 saturated carbocycles. The maximum atomic E-state index is 5.68. The summed E-state index contributed by atoms with van der Waals surface area (Å²) in [6.07, 6.45) is 0.654. The maximum Gasteiger partial charge on any atom is 0.169 e. The molecule has 2 N–H and O–H groups in total. The summed E-state index contributed by atoms with van der Waals surface area (Å²) in [4.78, 5) is 12.8. The number of hydrogen-bond acceptors (Lipinski definition) is 5. The molecule has 0 atom stereocenters. The fraction of sp³-hybridized carbons (Fsp3) is 0.357. The fourth-order valence-corrected chi connectivity index (χ4v) is 1.76. The average Bonchev–Trinajstić information content (AvgIpc) is 2.36. The van der Waals surface area contributed by atoms with E-state index in [9.17, 15) is 0 Å². The second-order valence-corrected chi connectivity index (χ2v) is 4.36. The molecular weight excluding hydrogens is 240 g/mol. The van der Waals surface area contributed by atoms with Gasteiger partial charge in [-0.1, -0.05) is 12.1 Å². The minimum absolute atomic E-state index is 0.338. The van der Waals surface area contributed by atoms with Crippen LogP contribution in [-0.4, -0.2) is 21.5 Å². The van der Waals surface area contributed by atoms with E-state index in [1.807, 2.05) is 38.1 Å². The lowest BCUT2D eigenvalue weighted by atomic mass is 10.2. The molecule has 1 heterocycles. The number of nitrogens with zero attached hydrogens (tertiary/aromatic N) is 3. The van der Waals surface area contributed by atoms with Crippen LogP contribution in [0, 0.1) is 13.8 Å². The average molecular weight is 258 g/mol. The number of hydrogen-bond donors (Lipinski definition) is 1. The Bertz CT molecular complexity index is 557. The lowest BCUT2D eigenvalue weighted by molar-refractivity contribution is 0.294. The lowest BCUT2D eigenvalue weighted by Gasteiger charge is -2.07. The van der Waals surface area contributed by atoms with E-state index < -0.39 is 0 Å². The van der Waals surface area contributed by atoms with Crippen LogP contribution in [0.4, 0.5) is 0 Å². The Labute approximate surface area is 112 Å². The number of ether oxygens (including phenoxy) is 1. The number of aryl methyl sites for hydroxylation is 2. The van der Waals surface area contributed by atoms with E-state index >= 15 is 0 Å². The van der Waals surface area contributed by atoms with Crippen LogP contribution in [0.1, 0.15) is 23.0 Å². The van der Waals surface area contributed by atoms with E-state index in [4.69, 9.17) is 10.5 Å². The minimum Gasteiger partial charge on any atom is -0.486 e. The van der Waals surface area contributed by atoms with Crippen molar-refractivity contribution in [2.24, 2.45) is 5.73 Å². The highest BCUT2D eigenvalue weighted by Crippen LogP contribution is 2.13. The van der Waals surface area contributed by atoms with Crippen LogP contribution in [0.15, 0.2) is 24.3 Å². The van der Waals surface area contributed by atoms with Crippen LogP contribution in [0.25, 0.3) is 0 Å². The molecule has 0 fully saturated rings. The molecule has 2 rings (SSSR count). The number of aromatic nitrogens is 3. The van der Waals surface area contributed by atoms with Gasteiger partial charge in [0.25, 0.3) is 0 Å². The van der Waals surface area contributed by atoms with E-state index in [2.05, 4.69) is 15.0 Å². The van der Waals surface area contributed by atoms with Crippen molar-refractivity contribution >= 4 is 0 Å². The van der Waals surface area contributed by atoms with Gasteiger partial charge in [0, 0.05) is 6.42 Å². The zero-order valence-electron chi connectivity index (χ0n) is 11.3. The Morgan fingerprint density at radius 1 is 1.11 bits per heavy atom. The monoisotopic (exact) mass is 258 g/mol. The van der Waals surface area contributed by atoms with Crippen molar-refractivity contribution < 1.29 is 4.74 Å². The van der Waals surface area contributed by atoms with Crippen molar-refractivity contribution in [2.45, 2.75) is 26.9 Å². The molecule has 0 saturated heterocycles. The van der Waals surface area contributed by atoms with Gasteiger partial charge in [-0.3, -0.25) is 0 Å². The highest BCUT2D eigenvalue weighted by molar-refractivity contribution is 5.27. The molecule has 19 heavy (non-hydrogen) atoms. The van der Waals surface area contributed by atoms with Crippen LogP contribution >= 0.6 is 0 Å². The molecule has 5 nitrogen and oxygen atoms in total. The van der Waals surface area contributed by atoms with Crippen molar-refractivity contribution in [1.82, 2.24) is 15.0 Å². The van der Waals surface area contributed by atoms with Gasteiger partial charge in [-0.25, -0.2) is 15.0 Å². The molecule has 5 heteroatoms. The molecule has 2 aromatic rings. The molecule has 0 aliphatic carbocycles. The number of rotatable bonds is 5. The third kappa shape index (κ3) is 3.99. The maximum absolute atomic E-state index is 5.68. The molecular formula is C14H18N4O. The Kier molecular flexibility index (Phi) is 4.41. The smallest absolute Gasteiger partial charge is 0.169 e. The summed E-state index contributed by atoms with van der Waals surface area (Å²) in [6.45, 7) is 4.74. The fourth-order valence-electron chi connectivity index (χ4n) is 1.76. The summed E-state index contributed by atoms with van der Waals surface area (Å²) in [5.74, 6) is 2.87. The molecule has 100 valence electrons. The summed E-state index contributed by atoms with van der Waals surface area (Å²) in [5, 5.41) is 0. The van der Waals surface area contributed by atoms with Crippen molar-refractivity contribution in [2.75, 3.05) is 6.54 Å². The molecule has 0 radical (unpaired) electrons. The van der Waals surface area contributed by atoms with Crippen LogP contribution in [0.2, 0.25) is 0 Å². The van der Waals surface area contributed by atoms with E-state index in [1.54, 1.807) is 0 Å². The van der Waals surface area contributed by atoms with Crippen LogP contribution in [-0.2, 0) is 13.0 Å². The molecule has 0 aliphatic heterocycles. The van der Waals surface area contributed by atoms with Crippen LogP contribution in [0.5, 0.6) is 5.75 Å². The van der Waals surface area contributed by atoms with Gasteiger partial charge in [0.1, 0.15) is 24.0 Å². The molecule has 0 amide bonds. The van der Waals surface area contributed by atoms with E-state index in [-0.39, 0.29) is 0 Å². The van der Waals surface area contributed by atoms with Gasteiger partial charge < -0.3 is 10.5 Å². The topological polar surface area (TPSA) is 73.9 Å². The summed E-state index contributed by atoms with van der Waals surface area (Å²) in [6, 6.07) is 7.89. The zero-order chi connectivity index (χ0) is 13.7. The lowest BCUT2D eigenvalue weighted by Crippen LogP contribution is -2.12. The van der Waals surface area contributed by atoms with Crippen molar-refractivity contribution in [1.29, 1.82) is 0 Å². The SMILES string of the molecule is Cc1cccc(OCc2nc(C)nc(CCN)n2)c1. The van der Waals surface area contributed by atoms with Gasteiger partial charge in [0.15, 0.2) is 5.82 Å². The van der Waals surface area contributed by atoms with Gasteiger partial charge in [0.2, 0.25) is 0 Å². The molecule has 0 unspecified atom stereocenters. The molecule has 1 aromatic carbocycles. The third-order valence-electron chi connectivity index (χ3n) is 2.57. The Balaban J connectivity index is 2.06. The zero-order valence-corrected chi connectivity index (χ0v) is 11.3. The summed E-state index contributed by atoms with van der Waals surface area (Å²) >= 11 is 0. The second kappa shape index (κ2) is 6.24. The predicted molar refractivity (Wildman–Crippen MR) is 72.8 cm³/mol. The highest BCUT2D eigenvalue weighted by Gasteiger charge is 2.04.